The van der Waals surface area contributed by atoms with Crippen LogP contribution in [0.25, 0.3) is 10.9 Å². The highest BCUT2D eigenvalue weighted by molar-refractivity contribution is 5.83. The molecule has 0 amide bonds. The highest BCUT2D eigenvalue weighted by Crippen LogP contribution is 2.25. The zero-order valence-corrected chi connectivity index (χ0v) is 13.2. The lowest BCUT2D eigenvalue weighted by atomic mass is 10.2. The fourth-order valence-corrected chi connectivity index (χ4v) is 2.34. The van der Waals surface area contributed by atoms with Crippen LogP contribution in [0.1, 0.15) is 19.8 Å². The first-order valence-corrected chi connectivity index (χ1v) is 7.77. The summed E-state index contributed by atoms with van der Waals surface area (Å²) in [6.07, 6.45) is 4.99. The maximum absolute atomic E-state index is 11.1. The molecule has 0 aliphatic heterocycles. The zero-order valence-electron chi connectivity index (χ0n) is 13.2. The number of nitrogens with one attached hydrogen (secondary N) is 3. The van der Waals surface area contributed by atoms with Crippen LogP contribution >= 0.6 is 0 Å². The lowest BCUT2D eigenvalue weighted by molar-refractivity contribution is -0.384. The number of rotatable bonds is 7. The van der Waals surface area contributed by atoms with Crippen LogP contribution in [0.4, 0.5) is 23.1 Å². The second-order valence-corrected chi connectivity index (χ2v) is 5.37. The summed E-state index contributed by atoms with van der Waals surface area (Å²) in [7, 11) is 0. The van der Waals surface area contributed by atoms with Gasteiger partial charge in [-0.2, -0.15) is 4.98 Å². The van der Waals surface area contributed by atoms with Crippen molar-refractivity contribution in [3.8, 4) is 0 Å². The molecule has 0 unspecified atom stereocenters. The van der Waals surface area contributed by atoms with E-state index in [2.05, 4.69) is 32.5 Å². The fraction of sp³-hybridized carbons (Fsp3) is 0.250. The number of benzene rings is 1. The molecular formula is C16H18N6O2. The minimum Gasteiger partial charge on any atom is -0.364 e. The second-order valence-electron chi connectivity index (χ2n) is 5.37. The van der Waals surface area contributed by atoms with Gasteiger partial charge < -0.3 is 15.6 Å². The summed E-state index contributed by atoms with van der Waals surface area (Å²) in [6.45, 7) is 2.68. The molecule has 0 aliphatic rings. The standard InChI is InChI=1S/C16H18N6O2/c1-2-3-7-18-15-14(22(23)24)10-19-16(21-15)20-12-4-5-13-11(9-12)6-8-17-13/h4-6,8-10,17H,2-3,7H2,1H3,(H2,18,19,20,21). The molecule has 8 nitrogen and oxygen atoms in total. The van der Waals surface area contributed by atoms with Gasteiger partial charge in [-0.1, -0.05) is 13.3 Å². The van der Waals surface area contributed by atoms with Crippen LogP contribution < -0.4 is 10.6 Å². The number of aromatic amines is 1. The van der Waals surface area contributed by atoms with Gasteiger partial charge in [0.15, 0.2) is 0 Å². The molecule has 0 radical (unpaired) electrons. The third kappa shape index (κ3) is 3.43. The van der Waals surface area contributed by atoms with Crippen molar-refractivity contribution in [3.63, 3.8) is 0 Å². The number of H-pyrrole nitrogens is 1. The van der Waals surface area contributed by atoms with E-state index in [-0.39, 0.29) is 11.5 Å². The summed E-state index contributed by atoms with van der Waals surface area (Å²) in [5.41, 5.74) is 1.72. The van der Waals surface area contributed by atoms with Gasteiger partial charge in [0.2, 0.25) is 11.8 Å². The van der Waals surface area contributed by atoms with Crippen molar-refractivity contribution in [2.45, 2.75) is 19.8 Å². The molecule has 0 aliphatic carbocycles. The minimum atomic E-state index is -0.482. The number of aromatic nitrogens is 3. The van der Waals surface area contributed by atoms with Crippen molar-refractivity contribution in [1.82, 2.24) is 15.0 Å². The van der Waals surface area contributed by atoms with Crippen LogP contribution in [0.3, 0.4) is 0 Å². The van der Waals surface area contributed by atoms with Gasteiger partial charge in [0.05, 0.1) is 4.92 Å². The minimum absolute atomic E-state index is 0.127. The molecule has 24 heavy (non-hydrogen) atoms. The molecule has 3 aromatic rings. The van der Waals surface area contributed by atoms with Crippen LogP contribution in [-0.4, -0.2) is 26.4 Å². The summed E-state index contributed by atoms with van der Waals surface area (Å²) in [5, 5.41) is 18.3. The molecule has 0 spiro atoms. The molecule has 2 aromatic heterocycles. The van der Waals surface area contributed by atoms with Crippen LogP contribution in [0.2, 0.25) is 0 Å². The Morgan fingerprint density at radius 3 is 3.00 bits per heavy atom. The van der Waals surface area contributed by atoms with Crippen molar-refractivity contribution in [1.29, 1.82) is 0 Å². The van der Waals surface area contributed by atoms with E-state index in [9.17, 15) is 10.1 Å². The van der Waals surface area contributed by atoms with E-state index in [1.165, 1.54) is 6.20 Å². The van der Waals surface area contributed by atoms with Crippen LogP contribution in [-0.2, 0) is 0 Å². The van der Waals surface area contributed by atoms with Crippen molar-refractivity contribution in [2.24, 2.45) is 0 Å². The molecule has 124 valence electrons. The van der Waals surface area contributed by atoms with E-state index < -0.39 is 4.92 Å². The molecule has 3 N–H and O–H groups in total. The molecule has 0 atom stereocenters. The predicted molar refractivity (Wildman–Crippen MR) is 93.7 cm³/mol. The van der Waals surface area contributed by atoms with Gasteiger partial charge in [0, 0.05) is 29.3 Å². The van der Waals surface area contributed by atoms with E-state index in [4.69, 9.17) is 0 Å². The first-order chi connectivity index (χ1) is 11.7. The SMILES string of the molecule is CCCCNc1nc(Nc2ccc3[nH]ccc3c2)ncc1[N+](=O)[O-]. The third-order valence-corrected chi connectivity index (χ3v) is 3.60. The number of fused-ring (bicyclic) bond motifs is 1. The molecule has 3 rings (SSSR count). The highest BCUT2D eigenvalue weighted by Gasteiger charge is 2.17. The third-order valence-electron chi connectivity index (χ3n) is 3.60. The Morgan fingerprint density at radius 2 is 2.21 bits per heavy atom. The van der Waals surface area contributed by atoms with Crippen molar-refractivity contribution in [3.05, 3.63) is 46.8 Å². The summed E-state index contributed by atoms with van der Waals surface area (Å²) < 4.78 is 0. The fourth-order valence-electron chi connectivity index (χ4n) is 2.34. The van der Waals surface area contributed by atoms with Gasteiger partial charge >= 0.3 is 5.69 Å². The largest absolute Gasteiger partial charge is 0.364 e. The Bertz CT molecular complexity index is 861. The number of unbranched alkanes of at least 4 members (excludes halogenated alkanes) is 1. The smallest absolute Gasteiger partial charge is 0.329 e. The number of anilines is 3. The molecule has 0 saturated carbocycles. The normalized spacial score (nSPS) is 10.7. The zero-order chi connectivity index (χ0) is 16.9. The summed E-state index contributed by atoms with van der Waals surface area (Å²) in [4.78, 5) is 22.0. The molecule has 2 heterocycles. The Hall–Kier alpha value is -3.16. The number of hydrogen-bond acceptors (Lipinski definition) is 6. The van der Waals surface area contributed by atoms with E-state index in [0.29, 0.717) is 12.5 Å². The van der Waals surface area contributed by atoms with Crippen LogP contribution in [0, 0.1) is 10.1 Å². The number of nitro groups is 1. The lowest BCUT2D eigenvalue weighted by Crippen LogP contribution is -2.08. The summed E-state index contributed by atoms with van der Waals surface area (Å²) in [5.74, 6) is 0.545. The summed E-state index contributed by atoms with van der Waals surface area (Å²) in [6, 6.07) is 7.77. The Balaban J connectivity index is 1.84. The molecule has 1 aromatic carbocycles. The van der Waals surface area contributed by atoms with Gasteiger partial charge in [0.1, 0.15) is 6.20 Å². The molecule has 8 heteroatoms. The number of nitrogens with zero attached hydrogens (tertiary/aromatic N) is 3. The van der Waals surface area contributed by atoms with Crippen molar-refractivity contribution >= 4 is 34.0 Å². The lowest BCUT2D eigenvalue weighted by Gasteiger charge is -2.09. The Morgan fingerprint density at radius 1 is 1.33 bits per heavy atom. The van der Waals surface area contributed by atoms with E-state index in [0.717, 1.165) is 29.4 Å². The monoisotopic (exact) mass is 326 g/mol. The first-order valence-electron chi connectivity index (χ1n) is 7.77. The predicted octanol–water partition coefficient (Wildman–Crippen LogP) is 3.82. The topological polar surface area (TPSA) is 109 Å². The van der Waals surface area contributed by atoms with Gasteiger partial charge in [0.25, 0.3) is 0 Å². The molecular weight excluding hydrogens is 308 g/mol. The van der Waals surface area contributed by atoms with E-state index in [1.807, 2.05) is 30.5 Å². The Labute approximate surface area is 138 Å². The van der Waals surface area contributed by atoms with Crippen LogP contribution in [0.15, 0.2) is 36.7 Å². The van der Waals surface area contributed by atoms with E-state index >= 15 is 0 Å². The van der Waals surface area contributed by atoms with Gasteiger partial charge in [-0.25, -0.2) is 4.98 Å². The first kappa shape index (κ1) is 15.7. The van der Waals surface area contributed by atoms with Gasteiger partial charge in [-0.15, -0.1) is 0 Å². The maximum atomic E-state index is 11.1. The summed E-state index contributed by atoms with van der Waals surface area (Å²) >= 11 is 0. The molecule has 0 bridgehead atoms. The highest BCUT2D eigenvalue weighted by atomic mass is 16.6. The van der Waals surface area contributed by atoms with E-state index in [1.54, 1.807) is 0 Å². The molecule has 0 fully saturated rings. The average molecular weight is 326 g/mol. The molecule has 0 saturated heterocycles. The van der Waals surface area contributed by atoms with Gasteiger partial charge in [-0.3, -0.25) is 10.1 Å². The van der Waals surface area contributed by atoms with Crippen molar-refractivity contribution in [2.75, 3.05) is 17.2 Å². The second kappa shape index (κ2) is 6.95. The Kier molecular flexibility index (Phi) is 4.55. The van der Waals surface area contributed by atoms with Crippen LogP contribution in [0.5, 0.6) is 0 Å². The quantitative estimate of drug-likeness (QED) is 0.346. The average Bonchev–Trinajstić information content (AvgIpc) is 3.03. The van der Waals surface area contributed by atoms with Gasteiger partial charge in [-0.05, 0) is 30.7 Å². The maximum Gasteiger partial charge on any atom is 0.329 e. The van der Waals surface area contributed by atoms with Crippen molar-refractivity contribution < 1.29 is 4.92 Å². The number of hydrogen-bond donors (Lipinski definition) is 3.